The predicted molar refractivity (Wildman–Crippen MR) is 86.0 cm³/mol. The fourth-order valence-electron chi connectivity index (χ4n) is 1.96. The molecule has 0 aliphatic rings. The van der Waals surface area contributed by atoms with E-state index in [0.717, 1.165) is 11.5 Å². The third-order valence-electron chi connectivity index (χ3n) is 3.00. The highest BCUT2D eigenvalue weighted by Gasteiger charge is 2.28. The van der Waals surface area contributed by atoms with Crippen LogP contribution in [0, 0.1) is 0 Å². The average Bonchev–Trinajstić information content (AvgIpc) is 3.00. The predicted octanol–water partition coefficient (Wildman–Crippen LogP) is 3.17. The number of ether oxygens (including phenoxy) is 3. The lowest BCUT2D eigenvalue weighted by molar-refractivity contribution is 0.0484. The van der Waals surface area contributed by atoms with Crippen molar-refractivity contribution in [2.45, 2.75) is 13.8 Å². The second-order valence-electron chi connectivity index (χ2n) is 4.40. The Hall–Kier alpha value is -2.41. The third-order valence-corrected chi connectivity index (χ3v) is 3.82. The number of carbonyl (C=O) groups is 2. The van der Waals surface area contributed by atoms with Gasteiger partial charge in [0.15, 0.2) is 0 Å². The monoisotopic (exact) mass is 335 g/mol. The quantitative estimate of drug-likeness (QED) is 0.755. The first-order valence-electron chi connectivity index (χ1n) is 7.10. The molecular formula is C16H17NO5S. The lowest BCUT2D eigenvalue weighted by atomic mass is 10.1. The van der Waals surface area contributed by atoms with Crippen molar-refractivity contribution >= 4 is 23.5 Å². The van der Waals surface area contributed by atoms with Gasteiger partial charge < -0.3 is 14.2 Å². The van der Waals surface area contributed by atoms with Gasteiger partial charge in [0.05, 0.1) is 26.0 Å². The van der Waals surface area contributed by atoms with E-state index in [1.165, 1.54) is 0 Å². The number of methoxy groups -OCH3 is 1. The summed E-state index contributed by atoms with van der Waals surface area (Å²) < 4.78 is 19.4. The number of carbonyl (C=O) groups excluding carboxylic acids is 2. The summed E-state index contributed by atoms with van der Waals surface area (Å²) in [7, 11) is 1.57. The standard InChI is InChI=1S/C16H17NO5S/c1-4-21-15(18)12-13(10-6-8-11(20-3)9-7-10)17-23-14(12)16(19)22-5-2/h6-9H,4-5H2,1-3H3. The highest BCUT2D eigenvalue weighted by Crippen LogP contribution is 2.31. The number of hydrogen-bond donors (Lipinski definition) is 0. The van der Waals surface area contributed by atoms with Crippen LogP contribution in [-0.2, 0) is 9.47 Å². The van der Waals surface area contributed by atoms with Crippen LogP contribution in [0.5, 0.6) is 5.75 Å². The van der Waals surface area contributed by atoms with Crippen LogP contribution in [0.3, 0.4) is 0 Å². The zero-order valence-corrected chi connectivity index (χ0v) is 13.9. The second-order valence-corrected chi connectivity index (χ2v) is 5.18. The lowest BCUT2D eigenvalue weighted by Gasteiger charge is -2.06. The number of rotatable bonds is 6. The van der Waals surface area contributed by atoms with Crippen molar-refractivity contribution in [1.82, 2.24) is 4.37 Å². The third kappa shape index (κ3) is 3.68. The smallest absolute Gasteiger partial charge is 0.350 e. The second kappa shape index (κ2) is 7.73. The Bertz CT molecular complexity index is 693. The van der Waals surface area contributed by atoms with Crippen LogP contribution < -0.4 is 4.74 Å². The maximum Gasteiger partial charge on any atom is 0.350 e. The van der Waals surface area contributed by atoms with Crippen molar-refractivity contribution in [1.29, 1.82) is 0 Å². The molecule has 0 amide bonds. The van der Waals surface area contributed by atoms with Gasteiger partial charge in [0.25, 0.3) is 0 Å². The maximum atomic E-state index is 12.3. The van der Waals surface area contributed by atoms with Gasteiger partial charge in [-0.1, -0.05) is 0 Å². The zero-order chi connectivity index (χ0) is 16.8. The molecule has 7 heteroatoms. The summed E-state index contributed by atoms with van der Waals surface area (Å²) >= 11 is 0.927. The van der Waals surface area contributed by atoms with Crippen molar-refractivity contribution in [2.24, 2.45) is 0 Å². The van der Waals surface area contributed by atoms with Crippen LogP contribution in [0.15, 0.2) is 24.3 Å². The van der Waals surface area contributed by atoms with Gasteiger partial charge >= 0.3 is 11.9 Å². The first-order chi connectivity index (χ1) is 11.1. The number of aromatic nitrogens is 1. The van der Waals surface area contributed by atoms with E-state index in [2.05, 4.69) is 4.37 Å². The van der Waals surface area contributed by atoms with Crippen molar-refractivity contribution < 1.29 is 23.8 Å². The van der Waals surface area contributed by atoms with Crippen molar-refractivity contribution in [3.8, 4) is 17.0 Å². The lowest BCUT2D eigenvalue weighted by Crippen LogP contribution is -2.12. The molecule has 0 saturated heterocycles. The molecular weight excluding hydrogens is 318 g/mol. The molecule has 0 radical (unpaired) electrons. The topological polar surface area (TPSA) is 74.7 Å². The Morgan fingerprint density at radius 3 is 2.22 bits per heavy atom. The molecule has 0 fully saturated rings. The van der Waals surface area contributed by atoms with E-state index >= 15 is 0 Å². The van der Waals surface area contributed by atoms with Crippen LogP contribution in [-0.4, -0.2) is 36.6 Å². The average molecular weight is 335 g/mol. The van der Waals surface area contributed by atoms with E-state index in [9.17, 15) is 9.59 Å². The van der Waals surface area contributed by atoms with Gasteiger partial charge in [-0.3, -0.25) is 0 Å². The highest BCUT2D eigenvalue weighted by atomic mass is 32.1. The van der Waals surface area contributed by atoms with Crippen LogP contribution in [0.25, 0.3) is 11.3 Å². The van der Waals surface area contributed by atoms with E-state index in [1.54, 1.807) is 45.2 Å². The minimum Gasteiger partial charge on any atom is -0.497 e. The van der Waals surface area contributed by atoms with Crippen LogP contribution in [0.1, 0.15) is 33.9 Å². The molecule has 0 saturated carbocycles. The molecule has 0 N–H and O–H groups in total. The fourth-order valence-corrected chi connectivity index (χ4v) is 2.75. The molecule has 0 unspecified atom stereocenters. The molecule has 2 rings (SSSR count). The minimum atomic E-state index is -0.588. The highest BCUT2D eigenvalue weighted by molar-refractivity contribution is 7.08. The van der Waals surface area contributed by atoms with Gasteiger partial charge in [-0.15, -0.1) is 0 Å². The zero-order valence-electron chi connectivity index (χ0n) is 13.1. The molecule has 1 heterocycles. The van der Waals surface area contributed by atoms with E-state index in [0.29, 0.717) is 17.0 Å². The summed E-state index contributed by atoms with van der Waals surface area (Å²) in [5.41, 5.74) is 1.24. The van der Waals surface area contributed by atoms with Crippen LogP contribution >= 0.6 is 11.5 Å². The van der Waals surface area contributed by atoms with Gasteiger partial charge in [-0.05, 0) is 49.6 Å². The number of benzene rings is 1. The molecule has 0 spiro atoms. The van der Waals surface area contributed by atoms with Crippen molar-refractivity contribution in [3.05, 3.63) is 34.7 Å². The molecule has 2 aromatic rings. The Morgan fingerprint density at radius 1 is 1.04 bits per heavy atom. The van der Waals surface area contributed by atoms with E-state index in [1.807, 2.05) is 0 Å². The van der Waals surface area contributed by atoms with Crippen LogP contribution in [0.2, 0.25) is 0 Å². The summed E-state index contributed by atoms with van der Waals surface area (Å²) in [4.78, 5) is 24.5. The van der Waals surface area contributed by atoms with Gasteiger partial charge in [0.1, 0.15) is 16.2 Å². The van der Waals surface area contributed by atoms with Gasteiger partial charge in [-0.2, -0.15) is 4.37 Å². The maximum absolute atomic E-state index is 12.3. The number of hydrogen-bond acceptors (Lipinski definition) is 7. The van der Waals surface area contributed by atoms with Gasteiger partial charge in [-0.25, -0.2) is 9.59 Å². The van der Waals surface area contributed by atoms with Gasteiger partial charge in [0, 0.05) is 5.56 Å². The van der Waals surface area contributed by atoms with E-state index in [-0.39, 0.29) is 23.7 Å². The Balaban J connectivity index is 2.49. The first kappa shape index (κ1) is 17.0. The Kier molecular flexibility index (Phi) is 5.70. The SMILES string of the molecule is CCOC(=O)c1snc(-c2ccc(OC)cc2)c1C(=O)OCC. The molecule has 23 heavy (non-hydrogen) atoms. The summed E-state index contributed by atoms with van der Waals surface area (Å²) in [6, 6.07) is 7.05. The summed E-state index contributed by atoms with van der Waals surface area (Å²) in [5.74, 6) is -0.477. The molecule has 0 aliphatic carbocycles. The summed E-state index contributed by atoms with van der Waals surface area (Å²) in [5, 5.41) is 0. The van der Waals surface area contributed by atoms with Gasteiger partial charge in [0.2, 0.25) is 0 Å². The molecule has 1 aromatic carbocycles. The fraction of sp³-hybridized carbons (Fsp3) is 0.312. The van der Waals surface area contributed by atoms with Crippen molar-refractivity contribution in [2.75, 3.05) is 20.3 Å². The molecule has 6 nitrogen and oxygen atoms in total. The molecule has 0 bridgehead atoms. The Morgan fingerprint density at radius 2 is 1.65 bits per heavy atom. The molecule has 1 aromatic heterocycles. The molecule has 0 aliphatic heterocycles. The Labute approximate surface area is 138 Å². The largest absolute Gasteiger partial charge is 0.497 e. The normalized spacial score (nSPS) is 10.2. The first-order valence-corrected chi connectivity index (χ1v) is 7.88. The minimum absolute atomic E-state index is 0.139. The van der Waals surface area contributed by atoms with E-state index < -0.39 is 11.9 Å². The summed E-state index contributed by atoms with van der Waals surface area (Å²) in [6.45, 7) is 3.83. The molecule has 0 atom stereocenters. The molecule has 122 valence electrons. The van der Waals surface area contributed by atoms with Crippen LogP contribution in [0.4, 0.5) is 0 Å². The van der Waals surface area contributed by atoms with E-state index in [4.69, 9.17) is 14.2 Å². The van der Waals surface area contributed by atoms with Crippen molar-refractivity contribution in [3.63, 3.8) is 0 Å². The number of nitrogens with zero attached hydrogens (tertiary/aromatic N) is 1. The number of esters is 2. The summed E-state index contributed by atoms with van der Waals surface area (Å²) in [6.07, 6.45) is 0.